The first-order valence-electron chi connectivity index (χ1n) is 6.63. The standard InChI is InChI=1S/C16H11BrN2O3S/c1-22-14-6-3-11(17)8-10(14)2-7-16-18-13-5-4-12(19(20)21)9-15(13)23-16/h2-9H,1H3. The van der Waals surface area contributed by atoms with Gasteiger partial charge in [-0.2, -0.15) is 0 Å². The van der Waals surface area contributed by atoms with E-state index >= 15 is 0 Å². The van der Waals surface area contributed by atoms with Crippen LogP contribution < -0.4 is 4.74 Å². The molecule has 1 heterocycles. The van der Waals surface area contributed by atoms with Gasteiger partial charge in [-0.05, 0) is 36.4 Å². The Morgan fingerprint density at radius 1 is 1.26 bits per heavy atom. The SMILES string of the molecule is COc1ccc(Br)cc1C=Cc1nc2ccc([N+](=O)[O-])cc2s1. The quantitative estimate of drug-likeness (QED) is 0.456. The molecule has 7 heteroatoms. The molecule has 0 N–H and O–H groups in total. The number of nitro groups is 1. The van der Waals surface area contributed by atoms with E-state index in [4.69, 9.17) is 4.74 Å². The molecular weight excluding hydrogens is 380 g/mol. The van der Waals surface area contributed by atoms with Gasteiger partial charge >= 0.3 is 0 Å². The third kappa shape index (κ3) is 3.40. The third-order valence-electron chi connectivity index (χ3n) is 3.20. The summed E-state index contributed by atoms with van der Waals surface area (Å²) in [6, 6.07) is 10.4. The number of nitrogens with zero attached hydrogens (tertiary/aromatic N) is 2. The fourth-order valence-corrected chi connectivity index (χ4v) is 3.39. The number of rotatable bonds is 4. The van der Waals surface area contributed by atoms with Gasteiger partial charge in [0.25, 0.3) is 5.69 Å². The Kier molecular flexibility index (Phi) is 4.40. The van der Waals surface area contributed by atoms with Gasteiger partial charge in [-0.1, -0.05) is 15.9 Å². The monoisotopic (exact) mass is 390 g/mol. The van der Waals surface area contributed by atoms with Crippen LogP contribution in [0.2, 0.25) is 0 Å². The lowest BCUT2D eigenvalue weighted by atomic mass is 10.2. The van der Waals surface area contributed by atoms with Crippen LogP contribution in [0, 0.1) is 10.1 Å². The van der Waals surface area contributed by atoms with Crippen LogP contribution in [-0.2, 0) is 0 Å². The summed E-state index contributed by atoms with van der Waals surface area (Å²) < 4.78 is 7.07. The molecule has 0 unspecified atom stereocenters. The molecule has 3 rings (SSSR count). The molecule has 2 aromatic carbocycles. The molecule has 23 heavy (non-hydrogen) atoms. The zero-order valence-electron chi connectivity index (χ0n) is 12.0. The molecule has 0 fully saturated rings. The minimum absolute atomic E-state index is 0.0744. The summed E-state index contributed by atoms with van der Waals surface area (Å²) in [5, 5.41) is 11.6. The van der Waals surface area contributed by atoms with Crippen molar-refractivity contribution in [2.75, 3.05) is 7.11 Å². The van der Waals surface area contributed by atoms with Crippen molar-refractivity contribution in [1.82, 2.24) is 4.98 Å². The first kappa shape index (κ1) is 15.6. The van der Waals surface area contributed by atoms with Gasteiger partial charge < -0.3 is 4.74 Å². The van der Waals surface area contributed by atoms with Crippen molar-refractivity contribution in [1.29, 1.82) is 0 Å². The van der Waals surface area contributed by atoms with Gasteiger partial charge in [0.1, 0.15) is 10.8 Å². The lowest BCUT2D eigenvalue weighted by Crippen LogP contribution is -1.86. The number of halogens is 1. The van der Waals surface area contributed by atoms with Crippen LogP contribution in [0.3, 0.4) is 0 Å². The van der Waals surface area contributed by atoms with Crippen molar-refractivity contribution in [2.24, 2.45) is 0 Å². The predicted octanol–water partition coefficient (Wildman–Crippen LogP) is 5.15. The average Bonchev–Trinajstić information content (AvgIpc) is 2.94. The van der Waals surface area contributed by atoms with E-state index in [2.05, 4.69) is 20.9 Å². The Bertz CT molecular complexity index is 921. The molecule has 0 bridgehead atoms. The highest BCUT2D eigenvalue weighted by Gasteiger charge is 2.09. The van der Waals surface area contributed by atoms with Gasteiger partial charge in [0.05, 0.1) is 22.2 Å². The van der Waals surface area contributed by atoms with Crippen LogP contribution in [-0.4, -0.2) is 17.0 Å². The summed E-state index contributed by atoms with van der Waals surface area (Å²) in [6.45, 7) is 0. The molecule has 1 aromatic heterocycles. The van der Waals surface area contributed by atoms with Crippen molar-refractivity contribution >= 4 is 55.3 Å². The highest BCUT2D eigenvalue weighted by Crippen LogP contribution is 2.29. The maximum atomic E-state index is 10.8. The van der Waals surface area contributed by atoms with Crippen molar-refractivity contribution in [3.8, 4) is 5.75 Å². The van der Waals surface area contributed by atoms with E-state index in [1.807, 2.05) is 30.4 Å². The number of nitro benzene ring substituents is 1. The largest absolute Gasteiger partial charge is 0.496 e. The van der Waals surface area contributed by atoms with Crippen molar-refractivity contribution < 1.29 is 9.66 Å². The molecule has 0 amide bonds. The molecule has 0 radical (unpaired) electrons. The minimum Gasteiger partial charge on any atom is -0.496 e. The maximum absolute atomic E-state index is 10.8. The van der Waals surface area contributed by atoms with Gasteiger partial charge in [0, 0.05) is 22.2 Å². The molecule has 0 atom stereocenters. The zero-order valence-corrected chi connectivity index (χ0v) is 14.4. The number of hydrogen-bond acceptors (Lipinski definition) is 5. The number of benzene rings is 2. The van der Waals surface area contributed by atoms with Crippen molar-refractivity contribution in [3.05, 3.63) is 61.6 Å². The second-order valence-corrected chi connectivity index (χ2v) is 6.66. The van der Waals surface area contributed by atoms with Crippen LogP contribution in [0.25, 0.3) is 22.4 Å². The van der Waals surface area contributed by atoms with E-state index < -0.39 is 4.92 Å². The molecule has 3 aromatic rings. The Balaban J connectivity index is 1.95. The van der Waals surface area contributed by atoms with E-state index in [0.29, 0.717) is 0 Å². The molecule has 5 nitrogen and oxygen atoms in total. The summed E-state index contributed by atoms with van der Waals surface area (Å²) in [5.74, 6) is 0.765. The summed E-state index contributed by atoms with van der Waals surface area (Å²) in [6.07, 6.45) is 3.79. The summed E-state index contributed by atoms with van der Waals surface area (Å²) >= 11 is 4.85. The van der Waals surface area contributed by atoms with E-state index in [-0.39, 0.29) is 5.69 Å². The predicted molar refractivity (Wildman–Crippen MR) is 95.9 cm³/mol. The second kappa shape index (κ2) is 6.47. The molecule has 0 saturated carbocycles. The Morgan fingerprint density at radius 2 is 2.09 bits per heavy atom. The van der Waals surface area contributed by atoms with Crippen LogP contribution in [0.4, 0.5) is 5.69 Å². The lowest BCUT2D eigenvalue weighted by Gasteiger charge is -2.04. The summed E-state index contributed by atoms with van der Waals surface area (Å²) in [7, 11) is 1.62. The fraction of sp³-hybridized carbons (Fsp3) is 0.0625. The van der Waals surface area contributed by atoms with E-state index in [1.54, 1.807) is 19.2 Å². The first-order valence-corrected chi connectivity index (χ1v) is 8.24. The van der Waals surface area contributed by atoms with Crippen LogP contribution in [0.1, 0.15) is 10.6 Å². The van der Waals surface area contributed by atoms with Gasteiger partial charge in [-0.25, -0.2) is 4.98 Å². The molecule has 0 aliphatic rings. The number of hydrogen-bond donors (Lipinski definition) is 0. The molecule has 0 aliphatic heterocycles. The van der Waals surface area contributed by atoms with Crippen LogP contribution in [0.5, 0.6) is 5.75 Å². The number of non-ortho nitro benzene ring substituents is 1. The Labute approximate surface area is 144 Å². The molecule has 0 spiro atoms. The van der Waals surface area contributed by atoms with Crippen molar-refractivity contribution in [3.63, 3.8) is 0 Å². The number of thiazole rings is 1. The Morgan fingerprint density at radius 3 is 2.83 bits per heavy atom. The Hall–Kier alpha value is -2.25. The third-order valence-corrected chi connectivity index (χ3v) is 4.67. The smallest absolute Gasteiger partial charge is 0.270 e. The number of ether oxygens (including phenoxy) is 1. The van der Waals surface area contributed by atoms with E-state index in [9.17, 15) is 10.1 Å². The number of aromatic nitrogens is 1. The lowest BCUT2D eigenvalue weighted by molar-refractivity contribution is -0.384. The second-order valence-electron chi connectivity index (χ2n) is 4.68. The fourth-order valence-electron chi connectivity index (χ4n) is 2.11. The highest BCUT2D eigenvalue weighted by molar-refractivity contribution is 9.10. The summed E-state index contributed by atoms with van der Waals surface area (Å²) in [5.41, 5.74) is 1.75. The molecular formula is C16H11BrN2O3S. The highest BCUT2D eigenvalue weighted by atomic mass is 79.9. The molecule has 0 aliphatic carbocycles. The topological polar surface area (TPSA) is 65.3 Å². The zero-order chi connectivity index (χ0) is 16.4. The number of methoxy groups -OCH3 is 1. The van der Waals surface area contributed by atoms with Crippen molar-refractivity contribution in [2.45, 2.75) is 0 Å². The number of fused-ring (bicyclic) bond motifs is 1. The average molecular weight is 391 g/mol. The molecule has 0 saturated heterocycles. The van der Waals surface area contributed by atoms with Gasteiger partial charge in [0.2, 0.25) is 0 Å². The van der Waals surface area contributed by atoms with E-state index in [1.165, 1.54) is 17.4 Å². The maximum Gasteiger partial charge on any atom is 0.270 e. The first-order chi connectivity index (χ1) is 11.1. The molecule has 116 valence electrons. The van der Waals surface area contributed by atoms with Crippen LogP contribution >= 0.6 is 27.3 Å². The van der Waals surface area contributed by atoms with E-state index in [0.717, 1.165) is 31.0 Å². The van der Waals surface area contributed by atoms with Crippen LogP contribution in [0.15, 0.2) is 40.9 Å². The minimum atomic E-state index is -0.402. The normalized spacial score (nSPS) is 11.2. The summed E-state index contributed by atoms with van der Waals surface area (Å²) in [4.78, 5) is 14.9. The van der Waals surface area contributed by atoms with Gasteiger partial charge in [0.15, 0.2) is 0 Å². The van der Waals surface area contributed by atoms with Gasteiger partial charge in [-0.3, -0.25) is 10.1 Å². The van der Waals surface area contributed by atoms with Gasteiger partial charge in [-0.15, -0.1) is 11.3 Å².